The second-order valence-corrected chi connectivity index (χ2v) is 6.24. The average Bonchev–Trinajstić information content (AvgIpc) is 3.04. The Balaban J connectivity index is 1.55. The van der Waals surface area contributed by atoms with Crippen LogP contribution in [0.4, 0.5) is 4.39 Å². The first-order valence-electron chi connectivity index (χ1n) is 8.36. The van der Waals surface area contributed by atoms with Crippen LogP contribution in [0.2, 0.25) is 0 Å². The van der Waals surface area contributed by atoms with Crippen molar-refractivity contribution in [2.75, 3.05) is 0 Å². The summed E-state index contributed by atoms with van der Waals surface area (Å²) in [4.78, 5) is 13.4. The Kier molecular flexibility index (Phi) is 5.36. The number of carbonyl (C=O) groups is 1. The van der Waals surface area contributed by atoms with E-state index in [2.05, 4.69) is 20.7 Å². The normalized spacial score (nSPS) is 12.0. The van der Waals surface area contributed by atoms with E-state index in [1.54, 1.807) is 12.1 Å². The minimum absolute atomic E-state index is 0.0214. The highest BCUT2D eigenvalue weighted by Gasteiger charge is 2.12. The van der Waals surface area contributed by atoms with Crippen molar-refractivity contribution in [2.45, 2.75) is 32.9 Å². The van der Waals surface area contributed by atoms with E-state index in [-0.39, 0.29) is 24.3 Å². The third-order valence-electron chi connectivity index (χ3n) is 4.01. The van der Waals surface area contributed by atoms with Gasteiger partial charge in [-0.05, 0) is 42.3 Å². The molecule has 0 aliphatic carbocycles. The Hall–Kier alpha value is -3.09. The van der Waals surface area contributed by atoms with Gasteiger partial charge in [-0.1, -0.05) is 42.0 Å². The Morgan fingerprint density at radius 3 is 2.54 bits per heavy atom. The SMILES string of the molecule is Cc1ccc(Cc2nnn(CC(=O)NC(C)c3ccc(F)cc3)n2)cc1. The second kappa shape index (κ2) is 7.86. The molecule has 1 unspecified atom stereocenters. The first-order chi connectivity index (χ1) is 12.5. The quantitative estimate of drug-likeness (QED) is 0.739. The standard InChI is InChI=1S/C19H20FN5O/c1-13-3-5-15(6-4-13)11-18-22-24-25(23-18)12-19(26)21-14(2)16-7-9-17(20)10-8-16/h3-10,14H,11-12H2,1-2H3,(H,21,26). The first kappa shape index (κ1) is 17.7. The number of nitrogens with one attached hydrogen (secondary N) is 1. The molecule has 6 nitrogen and oxygen atoms in total. The van der Waals surface area contributed by atoms with E-state index in [0.29, 0.717) is 12.2 Å². The van der Waals surface area contributed by atoms with Crippen LogP contribution < -0.4 is 5.32 Å². The van der Waals surface area contributed by atoms with Gasteiger partial charge in [0.1, 0.15) is 12.4 Å². The van der Waals surface area contributed by atoms with Crippen molar-refractivity contribution in [3.8, 4) is 0 Å². The fraction of sp³-hybridized carbons (Fsp3) is 0.263. The Morgan fingerprint density at radius 1 is 1.15 bits per heavy atom. The summed E-state index contributed by atoms with van der Waals surface area (Å²) in [7, 11) is 0. The molecule has 0 fully saturated rings. The van der Waals surface area contributed by atoms with Crippen LogP contribution in [0.3, 0.4) is 0 Å². The number of aromatic nitrogens is 4. The van der Waals surface area contributed by atoms with Gasteiger partial charge in [-0.3, -0.25) is 4.79 Å². The van der Waals surface area contributed by atoms with Crippen LogP contribution in [-0.2, 0) is 17.8 Å². The van der Waals surface area contributed by atoms with Crippen LogP contribution in [-0.4, -0.2) is 26.1 Å². The zero-order valence-corrected chi connectivity index (χ0v) is 14.7. The lowest BCUT2D eigenvalue weighted by molar-refractivity contribution is -0.122. The number of tetrazole rings is 1. The van der Waals surface area contributed by atoms with Gasteiger partial charge in [0.2, 0.25) is 5.91 Å². The van der Waals surface area contributed by atoms with Crippen molar-refractivity contribution in [3.05, 3.63) is 76.9 Å². The van der Waals surface area contributed by atoms with Gasteiger partial charge in [-0.2, -0.15) is 4.80 Å². The smallest absolute Gasteiger partial charge is 0.244 e. The number of aryl methyl sites for hydroxylation is 1. The summed E-state index contributed by atoms with van der Waals surface area (Å²) in [6.45, 7) is 3.85. The lowest BCUT2D eigenvalue weighted by Crippen LogP contribution is -2.30. The van der Waals surface area contributed by atoms with Crippen molar-refractivity contribution in [3.63, 3.8) is 0 Å². The summed E-state index contributed by atoms with van der Waals surface area (Å²) < 4.78 is 13.0. The number of nitrogens with zero attached hydrogens (tertiary/aromatic N) is 4. The maximum Gasteiger partial charge on any atom is 0.244 e. The molecule has 26 heavy (non-hydrogen) atoms. The molecule has 3 rings (SSSR count). The molecule has 0 bridgehead atoms. The first-order valence-corrected chi connectivity index (χ1v) is 8.36. The van der Waals surface area contributed by atoms with Gasteiger partial charge < -0.3 is 5.32 Å². The molecule has 0 aliphatic heterocycles. The average molecular weight is 353 g/mol. The molecule has 0 saturated carbocycles. The Morgan fingerprint density at radius 2 is 1.85 bits per heavy atom. The summed E-state index contributed by atoms with van der Waals surface area (Å²) >= 11 is 0. The lowest BCUT2D eigenvalue weighted by Gasteiger charge is -2.13. The van der Waals surface area contributed by atoms with Gasteiger partial charge in [0.15, 0.2) is 5.82 Å². The highest BCUT2D eigenvalue weighted by Crippen LogP contribution is 2.12. The second-order valence-electron chi connectivity index (χ2n) is 6.24. The van der Waals surface area contributed by atoms with Gasteiger partial charge in [0, 0.05) is 6.42 Å². The summed E-state index contributed by atoms with van der Waals surface area (Å²) in [6.07, 6.45) is 0.563. The third-order valence-corrected chi connectivity index (χ3v) is 4.01. The highest BCUT2D eigenvalue weighted by atomic mass is 19.1. The molecule has 1 aromatic heterocycles. The number of carbonyl (C=O) groups excluding carboxylic acids is 1. The van der Waals surface area contributed by atoms with E-state index < -0.39 is 0 Å². The number of halogens is 1. The summed E-state index contributed by atoms with van der Waals surface area (Å²) in [5.41, 5.74) is 3.10. The molecular formula is C19H20FN5O. The van der Waals surface area contributed by atoms with Crippen molar-refractivity contribution in [1.29, 1.82) is 0 Å². The zero-order chi connectivity index (χ0) is 18.5. The number of hydrogen-bond donors (Lipinski definition) is 1. The van der Waals surface area contributed by atoms with Crippen molar-refractivity contribution in [2.24, 2.45) is 0 Å². The molecular weight excluding hydrogens is 333 g/mol. The number of benzene rings is 2. The molecule has 1 amide bonds. The van der Waals surface area contributed by atoms with Crippen molar-refractivity contribution in [1.82, 2.24) is 25.5 Å². The van der Waals surface area contributed by atoms with Gasteiger partial charge in [-0.15, -0.1) is 10.2 Å². The summed E-state index contributed by atoms with van der Waals surface area (Å²) in [5, 5.41) is 15.0. The van der Waals surface area contributed by atoms with E-state index in [0.717, 1.165) is 11.1 Å². The maximum atomic E-state index is 13.0. The predicted octanol–water partition coefficient (Wildman–Crippen LogP) is 2.59. The molecule has 1 atom stereocenters. The lowest BCUT2D eigenvalue weighted by atomic mass is 10.1. The zero-order valence-electron chi connectivity index (χ0n) is 14.7. The molecule has 1 N–H and O–H groups in total. The number of hydrogen-bond acceptors (Lipinski definition) is 4. The monoisotopic (exact) mass is 353 g/mol. The van der Waals surface area contributed by atoms with Gasteiger partial charge in [0.05, 0.1) is 6.04 Å². The van der Waals surface area contributed by atoms with Crippen molar-refractivity contribution < 1.29 is 9.18 Å². The van der Waals surface area contributed by atoms with Crippen LogP contribution in [0.1, 0.15) is 35.5 Å². The molecule has 0 spiro atoms. The van der Waals surface area contributed by atoms with E-state index >= 15 is 0 Å². The number of rotatable bonds is 6. The van der Waals surface area contributed by atoms with Crippen LogP contribution >= 0.6 is 0 Å². The molecule has 0 aliphatic rings. The summed E-state index contributed by atoms with van der Waals surface area (Å²) in [6, 6.07) is 13.9. The van der Waals surface area contributed by atoms with E-state index in [4.69, 9.17) is 0 Å². The topological polar surface area (TPSA) is 72.7 Å². The third kappa shape index (κ3) is 4.72. The highest BCUT2D eigenvalue weighted by molar-refractivity contribution is 5.75. The molecule has 2 aromatic carbocycles. The van der Waals surface area contributed by atoms with Crippen LogP contribution in [0.15, 0.2) is 48.5 Å². The minimum Gasteiger partial charge on any atom is -0.348 e. The van der Waals surface area contributed by atoms with Gasteiger partial charge in [-0.25, -0.2) is 4.39 Å². The fourth-order valence-corrected chi connectivity index (χ4v) is 2.55. The summed E-state index contributed by atoms with van der Waals surface area (Å²) in [5.74, 6) is 0.0227. The molecule has 1 heterocycles. The van der Waals surface area contributed by atoms with E-state index in [9.17, 15) is 9.18 Å². The van der Waals surface area contributed by atoms with Crippen LogP contribution in [0, 0.1) is 12.7 Å². The Bertz CT molecular complexity index is 874. The minimum atomic E-state index is -0.305. The molecule has 7 heteroatoms. The van der Waals surface area contributed by atoms with E-state index in [1.165, 1.54) is 22.5 Å². The largest absolute Gasteiger partial charge is 0.348 e. The van der Waals surface area contributed by atoms with Gasteiger partial charge in [0.25, 0.3) is 0 Å². The Labute approximate surface area is 151 Å². The molecule has 0 saturated heterocycles. The number of amides is 1. The van der Waals surface area contributed by atoms with Crippen LogP contribution in [0.25, 0.3) is 0 Å². The molecule has 3 aromatic rings. The van der Waals surface area contributed by atoms with Crippen molar-refractivity contribution >= 4 is 5.91 Å². The molecule has 0 radical (unpaired) electrons. The van der Waals surface area contributed by atoms with Crippen LogP contribution in [0.5, 0.6) is 0 Å². The predicted molar refractivity (Wildman–Crippen MR) is 94.8 cm³/mol. The fourth-order valence-electron chi connectivity index (χ4n) is 2.55. The van der Waals surface area contributed by atoms with E-state index in [1.807, 2.05) is 38.1 Å². The molecule has 134 valence electrons. The maximum absolute atomic E-state index is 13.0. The van der Waals surface area contributed by atoms with Gasteiger partial charge >= 0.3 is 0 Å².